The number of hydrogen-bond acceptors (Lipinski definition) is 5. The van der Waals surface area contributed by atoms with E-state index in [0.717, 1.165) is 28.6 Å². The van der Waals surface area contributed by atoms with Crippen molar-refractivity contribution in [2.75, 3.05) is 18.1 Å². The van der Waals surface area contributed by atoms with Gasteiger partial charge in [-0.3, -0.25) is 4.79 Å². The Labute approximate surface area is 152 Å². The topological polar surface area (TPSA) is 42.4 Å². The van der Waals surface area contributed by atoms with E-state index in [2.05, 4.69) is 35.4 Å². The highest BCUT2D eigenvalue weighted by Gasteiger charge is 2.21. The maximum atomic E-state index is 11.8. The lowest BCUT2D eigenvalue weighted by molar-refractivity contribution is -0.146. The van der Waals surface area contributed by atoms with Gasteiger partial charge < -0.3 is 9.64 Å². The number of benzene rings is 1. The summed E-state index contributed by atoms with van der Waals surface area (Å²) in [4.78, 5) is 18.8. The highest BCUT2D eigenvalue weighted by atomic mass is 32.1. The van der Waals surface area contributed by atoms with Gasteiger partial charge >= 0.3 is 5.97 Å². The molecule has 0 bridgehead atoms. The molecule has 3 rings (SSSR count). The number of carbonyl (C=O) groups excluding carboxylic acids is 1. The number of rotatable bonds is 6. The van der Waals surface area contributed by atoms with Crippen molar-refractivity contribution in [3.05, 3.63) is 59.6 Å². The number of ether oxygens (including phenoxy) is 1. The van der Waals surface area contributed by atoms with Crippen molar-refractivity contribution in [3.8, 4) is 10.6 Å². The van der Waals surface area contributed by atoms with E-state index < -0.39 is 0 Å². The van der Waals surface area contributed by atoms with Gasteiger partial charge in [-0.25, -0.2) is 4.98 Å². The van der Waals surface area contributed by atoms with Gasteiger partial charge in [-0.05, 0) is 26.3 Å². The van der Waals surface area contributed by atoms with E-state index >= 15 is 0 Å². The normalized spacial score (nSPS) is 16.4. The van der Waals surface area contributed by atoms with Crippen molar-refractivity contribution >= 4 is 23.1 Å². The van der Waals surface area contributed by atoms with Gasteiger partial charge in [0, 0.05) is 23.2 Å². The Kier molecular flexibility index (Phi) is 5.66. The summed E-state index contributed by atoms with van der Waals surface area (Å²) in [6, 6.07) is 10.2. The third kappa shape index (κ3) is 3.99. The van der Waals surface area contributed by atoms with Gasteiger partial charge in [0.05, 0.1) is 12.5 Å². The zero-order valence-corrected chi connectivity index (χ0v) is 15.3. The average molecular weight is 354 g/mol. The fourth-order valence-corrected chi connectivity index (χ4v) is 3.63. The van der Waals surface area contributed by atoms with Crippen molar-refractivity contribution in [2.24, 2.45) is 5.92 Å². The number of esters is 1. The van der Waals surface area contributed by atoms with Gasteiger partial charge in [-0.1, -0.05) is 42.5 Å². The highest BCUT2D eigenvalue weighted by molar-refractivity contribution is 7.13. The maximum absolute atomic E-state index is 11.8. The lowest BCUT2D eigenvalue weighted by Gasteiger charge is -2.25. The van der Waals surface area contributed by atoms with E-state index in [1.807, 2.05) is 37.3 Å². The molecule has 1 heterocycles. The lowest BCUT2D eigenvalue weighted by atomic mass is 9.99. The first kappa shape index (κ1) is 17.4. The van der Waals surface area contributed by atoms with E-state index in [0.29, 0.717) is 13.0 Å². The smallest absolute Gasteiger partial charge is 0.313 e. The van der Waals surface area contributed by atoms with Crippen LogP contribution in [0.5, 0.6) is 0 Å². The third-order valence-electron chi connectivity index (χ3n) is 4.09. The molecule has 1 aliphatic rings. The number of aromatic nitrogens is 1. The molecule has 130 valence electrons. The molecule has 1 unspecified atom stereocenters. The third-order valence-corrected chi connectivity index (χ3v) is 4.97. The number of allylic oxidation sites excluding steroid dienone is 2. The van der Waals surface area contributed by atoms with Crippen molar-refractivity contribution in [2.45, 2.75) is 20.3 Å². The second-order valence-electron chi connectivity index (χ2n) is 5.70. The van der Waals surface area contributed by atoms with E-state index in [1.165, 1.54) is 0 Å². The maximum Gasteiger partial charge on any atom is 0.313 e. The van der Waals surface area contributed by atoms with Gasteiger partial charge in [-0.2, -0.15) is 0 Å². The average Bonchev–Trinajstić information content (AvgIpc) is 3.14. The summed E-state index contributed by atoms with van der Waals surface area (Å²) >= 11 is 1.64. The molecular formula is C20H22N2O2S. The van der Waals surface area contributed by atoms with E-state index in [4.69, 9.17) is 9.72 Å². The lowest BCUT2D eigenvalue weighted by Crippen LogP contribution is -2.24. The molecule has 1 aromatic heterocycles. The molecule has 0 saturated carbocycles. The molecule has 1 aliphatic carbocycles. The number of hydrogen-bond donors (Lipinski definition) is 0. The molecule has 0 aliphatic heterocycles. The Morgan fingerprint density at radius 1 is 1.32 bits per heavy atom. The molecule has 0 N–H and O–H groups in total. The SMILES string of the molecule is CCOC(=O)C1C=CC(N(CC)c2csc(-c3ccccc3)n2)=CC1. The molecule has 0 spiro atoms. The molecule has 0 saturated heterocycles. The predicted molar refractivity (Wildman–Crippen MR) is 103 cm³/mol. The number of carbonyl (C=O) groups is 1. The molecular weight excluding hydrogens is 332 g/mol. The van der Waals surface area contributed by atoms with Gasteiger partial charge in [0.25, 0.3) is 0 Å². The minimum Gasteiger partial charge on any atom is -0.466 e. The summed E-state index contributed by atoms with van der Waals surface area (Å²) < 4.78 is 5.10. The summed E-state index contributed by atoms with van der Waals surface area (Å²) in [5, 5.41) is 3.09. The van der Waals surface area contributed by atoms with Crippen molar-refractivity contribution in [1.29, 1.82) is 0 Å². The first-order valence-electron chi connectivity index (χ1n) is 8.56. The Hall–Kier alpha value is -2.40. The molecule has 2 aromatic rings. The molecule has 4 nitrogen and oxygen atoms in total. The predicted octanol–water partition coefficient (Wildman–Crippen LogP) is 4.66. The Morgan fingerprint density at radius 3 is 2.76 bits per heavy atom. The molecule has 1 atom stereocenters. The zero-order valence-electron chi connectivity index (χ0n) is 14.5. The second kappa shape index (κ2) is 8.12. The van der Waals surface area contributed by atoms with Crippen molar-refractivity contribution in [3.63, 3.8) is 0 Å². The van der Waals surface area contributed by atoms with Crippen LogP contribution in [0.2, 0.25) is 0 Å². The Bertz CT molecular complexity index is 780. The summed E-state index contributed by atoms with van der Waals surface area (Å²) in [5.74, 6) is 0.603. The molecule has 0 radical (unpaired) electrons. The second-order valence-corrected chi connectivity index (χ2v) is 6.56. The van der Waals surface area contributed by atoms with Gasteiger partial charge in [0.2, 0.25) is 0 Å². The largest absolute Gasteiger partial charge is 0.466 e. The van der Waals surface area contributed by atoms with Crippen LogP contribution in [0, 0.1) is 5.92 Å². The standard InChI is InChI=1S/C20H22N2O2S/c1-3-22(17-12-10-16(11-13-17)20(23)24-4-2)18-14-25-19(21-18)15-8-6-5-7-9-15/h5-10,12-14,16H,3-4,11H2,1-2H3. The van der Waals surface area contributed by atoms with Crippen LogP contribution in [0.15, 0.2) is 59.6 Å². The summed E-state index contributed by atoms with van der Waals surface area (Å²) in [6.45, 7) is 5.17. The molecule has 0 fully saturated rings. The minimum atomic E-state index is -0.183. The number of nitrogens with zero attached hydrogens (tertiary/aromatic N) is 2. The van der Waals surface area contributed by atoms with Crippen molar-refractivity contribution < 1.29 is 9.53 Å². The Balaban J connectivity index is 1.75. The highest BCUT2D eigenvalue weighted by Crippen LogP contribution is 2.30. The van der Waals surface area contributed by atoms with Gasteiger partial charge in [-0.15, -0.1) is 11.3 Å². The minimum absolute atomic E-state index is 0.155. The van der Waals surface area contributed by atoms with Crippen LogP contribution in [-0.4, -0.2) is 24.1 Å². The van der Waals surface area contributed by atoms with Gasteiger partial charge in [0.15, 0.2) is 0 Å². The number of anilines is 1. The monoisotopic (exact) mass is 354 g/mol. The van der Waals surface area contributed by atoms with E-state index in [-0.39, 0.29) is 11.9 Å². The number of thiazole rings is 1. The van der Waals surface area contributed by atoms with Gasteiger partial charge in [0.1, 0.15) is 10.8 Å². The number of likely N-dealkylation sites (N-methyl/N-ethyl adjacent to an activating group) is 1. The van der Waals surface area contributed by atoms with Crippen LogP contribution in [-0.2, 0) is 9.53 Å². The summed E-state index contributed by atoms with van der Waals surface area (Å²) in [7, 11) is 0. The Morgan fingerprint density at radius 2 is 2.12 bits per heavy atom. The molecule has 1 aromatic carbocycles. The van der Waals surface area contributed by atoms with Crippen LogP contribution >= 0.6 is 11.3 Å². The first-order chi connectivity index (χ1) is 12.2. The fraction of sp³-hybridized carbons (Fsp3) is 0.300. The zero-order chi connectivity index (χ0) is 17.6. The van der Waals surface area contributed by atoms with Crippen LogP contribution in [0.1, 0.15) is 20.3 Å². The van der Waals surface area contributed by atoms with Crippen LogP contribution in [0.4, 0.5) is 5.82 Å². The first-order valence-corrected chi connectivity index (χ1v) is 9.44. The molecule has 0 amide bonds. The van der Waals surface area contributed by atoms with E-state index in [9.17, 15) is 4.79 Å². The van der Waals surface area contributed by atoms with Crippen LogP contribution in [0.25, 0.3) is 10.6 Å². The summed E-state index contributed by atoms with van der Waals surface area (Å²) in [5.41, 5.74) is 2.21. The van der Waals surface area contributed by atoms with E-state index in [1.54, 1.807) is 11.3 Å². The molecule has 25 heavy (non-hydrogen) atoms. The van der Waals surface area contributed by atoms with Crippen molar-refractivity contribution in [1.82, 2.24) is 4.98 Å². The molecule has 5 heteroatoms. The summed E-state index contributed by atoms with van der Waals surface area (Å²) in [6.07, 6.45) is 6.68. The van der Waals surface area contributed by atoms with Crippen LogP contribution < -0.4 is 4.90 Å². The van der Waals surface area contributed by atoms with Crippen LogP contribution in [0.3, 0.4) is 0 Å². The quantitative estimate of drug-likeness (QED) is 0.708. The fourth-order valence-electron chi connectivity index (χ4n) is 2.81.